The van der Waals surface area contributed by atoms with E-state index in [0.717, 1.165) is 16.5 Å². The third kappa shape index (κ3) is 2.76. The van der Waals surface area contributed by atoms with Crippen LogP contribution in [0.25, 0.3) is 0 Å². The topological polar surface area (TPSA) is 76.7 Å². The van der Waals surface area contributed by atoms with Crippen LogP contribution in [0.4, 0.5) is 9.39 Å². The number of halogens is 1. The Kier molecular flexibility index (Phi) is 4.02. The van der Waals surface area contributed by atoms with Crippen molar-refractivity contribution in [1.82, 2.24) is 0 Å². The molecule has 1 aromatic carbocycles. The first kappa shape index (κ1) is 14.7. The smallest absolute Gasteiger partial charge is 0.259 e. The molecule has 104 valence electrons. The van der Waals surface area contributed by atoms with Crippen LogP contribution in [0.2, 0.25) is 0 Å². The van der Waals surface area contributed by atoms with Gasteiger partial charge in [0.05, 0.1) is 22.8 Å². The number of anilines is 1. The van der Waals surface area contributed by atoms with Crippen LogP contribution in [0, 0.1) is 42.3 Å². The fourth-order valence-electron chi connectivity index (χ4n) is 1.79. The van der Waals surface area contributed by atoms with Crippen LogP contribution < -0.4 is 5.32 Å². The van der Waals surface area contributed by atoms with Gasteiger partial charge in [-0.2, -0.15) is 10.5 Å². The van der Waals surface area contributed by atoms with Crippen molar-refractivity contribution in [3.8, 4) is 12.1 Å². The summed E-state index contributed by atoms with van der Waals surface area (Å²) in [6.07, 6.45) is 0. The maximum absolute atomic E-state index is 13.8. The van der Waals surface area contributed by atoms with E-state index in [1.807, 2.05) is 13.0 Å². The fraction of sp³-hybridized carbons (Fsp3) is 0.133. The average Bonchev–Trinajstić information content (AvgIpc) is 2.72. The normalized spacial score (nSPS) is 9.76. The van der Waals surface area contributed by atoms with E-state index in [-0.39, 0.29) is 11.1 Å². The molecule has 1 aromatic heterocycles. The Morgan fingerprint density at radius 3 is 2.57 bits per heavy atom. The summed E-state index contributed by atoms with van der Waals surface area (Å²) in [5, 5.41) is 20.7. The maximum Gasteiger partial charge on any atom is 0.259 e. The number of benzene rings is 1. The molecule has 0 bridgehead atoms. The highest BCUT2D eigenvalue weighted by Gasteiger charge is 2.17. The van der Waals surface area contributed by atoms with Crippen LogP contribution >= 0.6 is 11.3 Å². The molecule has 0 radical (unpaired) electrons. The number of nitriles is 2. The second-order valence-corrected chi connectivity index (χ2v) is 5.58. The molecule has 4 nitrogen and oxygen atoms in total. The molecular weight excluding hydrogens is 289 g/mol. The Morgan fingerprint density at radius 2 is 2.00 bits per heavy atom. The van der Waals surface area contributed by atoms with E-state index in [9.17, 15) is 9.18 Å². The number of rotatable bonds is 2. The number of nitrogens with zero attached hydrogens (tertiary/aromatic N) is 2. The molecule has 0 aliphatic carbocycles. The van der Waals surface area contributed by atoms with Gasteiger partial charge in [-0.25, -0.2) is 4.39 Å². The molecule has 6 heteroatoms. The minimum atomic E-state index is -0.768. The van der Waals surface area contributed by atoms with Gasteiger partial charge < -0.3 is 5.32 Å². The summed E-state index contributed by atoms with van der Waals surface area (Å²) in [7, 11) is 0. The van der Waals surface area contributed by atoms with Gasteiger partial charge in [0.1, 0.15) is 16.9 Å². The van der Waals surface area contributed by atoms with Crippen LogP contribution in [-0.2, 0) is 0 Å². The number of amides is 1. The summed E-state index contributed by atoms with van der Waals surface area (Å²) in [4.78, 5) is 13.0. The molecule has 0 aliphatic heterocycles. The van der Waals surface area contributed by atoms with Gasteiger partial charge in [0, 0.05) is 4.88 Å². The van der Waals surface area contributed by atoms with E-state index in [2.05, 4.69) is 5.32 Å². The third-order valence-electron chi connectivity index (χ3n) is 3.07. The van der Waals surface area contributed by atoms with E-state index in [1.54, 1.807) is 13.0 Å². The van der Waals surface area contributed by atoms with E-state index < -0.39 is 11.7 Å². The zero-order valence-electron chi connectivity index (χ0n) is 11.3. The van der Waals surface area contributed by atoms with Gasteiger partial charge >= 0.3 is 0 Å². The first-order chi connectivity index (χ1) is 9.97. The van der Waals surface area contributed by atoms with Gasteiger partial charge in [-0.05, 0) is 37.6 Å². The second kappa shape index (κ2) is 5.74. The largest absolute Gasteiger partial charge is 0.312 e. The highest BCUT2D eigenvalue weighted by Crippen LogP contribution is 2.32. The lowest BCUT2D eigenvalue weighted by Crippen LogP contribution is -2.13. The molecular formula is C15H10FN3OS. The number of thiophene rings is 1. The van der Waals surface area contributed by atoms with E-state index in [0.29, 0.717) is 10.6 Å². The number of carbonyl (C=O) groups is 1. The summed E-state index contributed by atoms with van der Waals surface area (Å²) in [6, 6.07) is 7.46. The molecule has 0 saturated carbocycles. The highest BCUT2D eigenvalue weighted by atomic mass is 32.1. The average molecular weight is 299 g/mol. The lowest BCUT2D eigenvalue weighted by molar-refractivity contribution is 0.102. The molecule has 1 N–H and O–H groups in total. The van der Waals surface area contributed by atoms with Crippen LogP contribution in [-0.4, -0.2) is 5.91 Å². The summed E-state index contributed by atoms with van der Waals surface area (Å²) in [5.41, 5.74) is 1.17. The minimum absolute atomic E-state index is 0.143. The first-order valence-corrected chi connectivity index (χ1v) is 6.80. The number of nitrogens with one attached hydrogen (secondary N) is 1. The molecule has 0 spiro atoms. The zero-order chi connectivity index (χ0) is 15.6. The van der Waals surface area contributed by atoms with Crippen molar-refractivity contribution in [2.24, 2.45) is 0 Å². The molecule has 21 heavy (non-hydrogen) atoms. The molecule has 0 aliphatic rings. The predicted molar refractivity (Wildman–Crippen MR) is 77.6 cm³/mol. The summed E-state index contributed by atoms with van der Waals surface area (Å²) >= 11 is 1.27. The van der Waals surface area contributed by atoms with Crippen molar-refractivity contribution >= 4 is 22.2 Å². The van der Waals surface area contributed by atoms with Crippen molar-refractivity contribution in [3.63, 3.8) is 0 Å². The van der Waals surface area contributed by atoms with Gasteiger partial charge in [0.25, 0.3) is 5.91 Å². The van der Waals surface area contributed by atoms with Crippen molar-refractivity contribution in [2.45, 2.75) is 13.8 Å². The minimum Gasteiger partial charge on any atom is -0.312 e. The van der Waals surface area contributed by atoms with Crippen molar-refractivity contribution in [3.05, 3.63) is 51.1 Å². The van der Waals surface area contributed by atoms with Gasteiger partial charge in [-0.15, -0.1) is 11.3 Å². The summed E-state index contributed by atoms with van der Waals surface area (Å²) in [6.45, 7) is 3.64. The quantitative estimate of drug-likeness (QED) is 0.922. The molecule has 1 amide bonds. The lowest BCUT2D eigenvalue weighted by atomic mass is 10.1. The monoisotopic (exact) mass is 299 g/mol. The Labute approximate surface area is 125 Å². The molecule has 0 unspecified atom stereocenters. The lowest BCUT2D eigenvalue weighted by Gasteiger charge is -2.05. The van der Waals surface area contributed by atoms with Crippen LogP contribution in [0.1, 0.15) is 31.9 Å². The van der Waals surface area contributed by atoms with Gasteiger partial charge in [-0.1, -0.05) is 0 Å². The molecule has 2 rings (SSSR count). The van der Waals surface area contributed by atoms with Gasteiger partial charge in [0.15, 0.2) is 0 Å². The Morgan fingerprint density at radius 1 is 1.29 bits per heavy atom. The second-order valence-electron chi connectivity index (χ2n) is 4.36. The first-order valence-electron chi connectivity index (χ1n) is 5.99. The zero-order valence-corrected chi connectivity index (χ0v) is 12.1. The van der Waals surface area contributed by atoms with Gasteiger partial charge in [-0.3, -0.25) is 4.79 Å². The molecule has 2 aromatic rings. The Balaban J connectivity index is 2.34. The van der Waals surface area contributed by atoms with E-state index in [4.69, 9.17) is 10.5 Å². The van der Waals surface area contributed by atoms with E-state index >= 15 is 0 Å². The van der Waals surface area contributed by atoms with Crippen LogP contribution in [0.5, 0.6) is 0 Å². The van der Waals surface area contributed by atoms with Crippen molar-refractivity contribution in [2.75, 3.05) is 5.32 Å². The molecule has 0 saturated heterocycles. The third-order valence-corrected chi connectivity index (χ3v) is 4.19. The standard InChI is InChI=1S/C15H10FN3OS/c1-8-9(2)21-15(12(8)7-18)19-14(20)11-4-3-10(6-17)5-13(11)16/h3-5H,1-2H3,(H,19,20). The maximum atomic E-state index is 13.8. The number of aryl methyl sites for hydroxylation is 1. The molecule has 0 fully saturated rings. The molecule has 0 atom stereocenters. The fourth-order valence-corrected chi connectivity index (χ4v) is 2.79. The number of carbonyl (C=O) groups excluding carboxylic acids is 1. The van der Waals surface area contributed by atoms with Crippen LogP contribution in [0.15, 0.2) is 18.2 Å². The van der Waals surface area contributed by atoms with Crippen molar-refractivity contribution in [1.29, 1.82) is 10.5 Å². The van der Waals surface area contributed by atoms with Crippen LogP contribution in [0.3, 0.4) is 0 Å². The summed E-state index contributed by atoms with van der Waals surface area (Å²) in [5.74, 6) is -1.41. The summed E-state index contributed by atoms with van der Waals surface area (Å²) < 4.78 is 13.8. The van der Waals surface area contributed by atoms with Crippen molar-refractivity contribution < 1.29 is 9.18 Å². The SMILES string of the molecule is Cc1sc(NC(=O)c2ccc(C#N)cc2F)c(C#N)c1C. The van der Waals surface area contributed by atoms with E-state index in [1.165, 1.54) is 23.5 Å². The predicted octanol–water partition coefficient (Wildman–Crippen LogP) is 3.50. The molecule has 1 heterocycles. The highest BCUT2D eigenvalue weighted by molar-refractivity contribution is 7.16. The number of hydrogen-bond acceptors (Lipinski definition) is 4. The Hall–Kier alpha value is -2.70. The van der Waals surface area contributed by atoms with Gasteiger partial charge in [0.2, 0.25) is 0 Å². The number of hydrogen-bond donors (Lipinski definition) is 1. The Bertz CT molecular complexity index is 812.